The van der Waals surface area contributed by atoms with E-state index in [1.807, 2.05) is 24.3 Å². The molecule has 0 aromatic heterocycles. The van der Waals surface area contributed by atoms with E-state index in [-0.39, 0.29) is 19.3 Å². The molecule has 0 amide bonds. The molecular weight excluding hydrogens is 367 g/mol. The summed E-state index contributed by atoms with van der Waals surface area (Å²) in [6, 6.07) is 14.7. The molecule has 27 heavy (non-hydrogen) atoms. The monoisotopic (exact) mass is 388 g/mol. The predicted octanol–water partition coefficient (Wildman–Crippen LogP) is 3.53. The lowest BCUT2D eigenvalue weighted by atomic mass is 10.0. The first-order chi connectivity index (χ1) is 13.0. The van der Waals surface area contributed by atoms with Crippen LogP contribution in [-0.2, 0) is 23.6 Å². The SMILES string of the molecule is COC(=O)CCC(CC(=O)OC)P1(=O)Oc2ccccc2-c2ccccc21. The zero-order chi connectivity index (χ0) is 19.4. The molecule has 2 aromatic carbocycles. The van der Waals surface area contributed by atoms with Gasteiger partial charge in [0.05, 0.1) is 31.6 Å². The molecule has 0 saturated heterocycles. The minimum absolute atomic E-state index is 0.0370. The maximum absolute atomic E-state index is 14.1. The second-order valence-corrected chi connectivity index (χ2v) is 8.84. The molecule has 0 spiro atoms. The number of para-hydroxylation sites is 1. The molecule has 2 atom stereocenters. The third-order valence-electron chi connectivity index (χ3n) is 4.67. The minimum atomic E-state index is -3.49. The summed E-state index contributed by atoms with van der Waals surface area (Å²) in [5, 5.41) is 0.558. The minimum Gasteiger partial charge on any atom is -0.469 e. The number of ether oxygens (including phenoxy) is 2. The first kappa shape index (κ1) is 19.2. The van der Waals surface area contributed by atoms with E-state index in [0.717, 1.165) is 11.1 Å². The third kappa shape index (κ3) is 3.76. The molecule has 0 aliphatic carbocycles. The molecule has 0 N–H and O–H groups in total. The average molecular weight is 388 g/mol. The van der Waals surface area contributed by atoms with Gasteiger partial charge < -0.3 is 14.0 Å². The molecule has 142 valence electrons. The Hall–Kier alpha value is -2.59. The molecule has 0 saturated carbocycles. The number of carbonyl (C=O) groups is 2. The predicted molar refractivity (Wildman–Crippen MR) is 101 cm³/mol. The van der Waals surface area contributed by atoms with Gasteiger partial charge >= 0.3 is 11.9 Å². The summed E-state index contributed by atoms with van der Waals surface area (Å²) in [4.78, 5) is 23.6. The van der Waals surface area contributed by atoms with Crippen LogP contribution in [0.2, 0.25) is 0 Å². The number of methoxy groups -OCH3 is 2. The van der Waals surface area contributed by atoms with Crippen molar-refractivity contribution in [3.63, 3.8) is 0 Å². The molecule has 1 aliphatic heterocycles. The molecule has 1 heterocycles. The topological polar surface area (TPSA) is 78.9 Å². The Morgan fingerprint density at radius 1 is 0.963 bits per heavy atom. The molecule has 0 bridgehead atoms. The van der Waals surface area contributed by atoms with Crippen LogP contribution in [0.1, 0.15) is 19.3 Å². The van der Waals surface area contributed by atoms with Gasteiger partial charge in [-0.05, 0) is 24.1 Å². The van der Waals surface area contributed by atoms with Crippen LogP contribution < -0.4 is 9.83 Å². The van der Waals surface area contributed by atoms with Crippen LogP contribution in [0.15, 0.2) is 48.5 Å². The lowest BCUT2D eigenvalue weighted by Gasteiger charge is -2.33. The molecule has 3 rings (SSSR count). The van der Waals surface area contributed by atoms with Gasteiger partial charge in [0.2, 0.25) is 0 Å². The van der Waals surface area contributed by atoms with Crippen molar-refractivity contribution in [1.29, 1.82) is 0 Å². The summed E-state index contributed by atoms with van der Waals surface area (Å²) in [7, 11) is -0.916. The van der Waals surface area contributed by atoms with Crippen molar-refractivity contribution in [3.8, 4) is 16.9 Å². The van der Waals surface area contributed by atoms with E-state index in [4.69, 9.17) is 14.0 Å². The summed E-state index contributed by atoms with van der Waals surface area (Å²) in [5.74, 6) is -0.422. The zero-order valence-electron chi connectivity index (χ0n) is 15.2. The van der Waals surface area contributed by atoms with Crippen LogP contribution in [0, 0.1) is 0 Å². The summed E-state index contributed by atoms with van der Waals surface area (Å²) in [6.07, 6.45) is 0.117. The van der Waals surface area contributed by atoms with Crippen molar-refractivity contribution in [1.82, 2.24) is 0 Å². The summed E-state index contributed by atoms with van der Waals surface area (Å²) < 4.78 is 29.6. The number of hydrogen-bond donors (Lipinski definition) is 0. The van der Waals surface area contributed by atoms with Crippen LogP contribution in [-0.4, -0.2) is 31.8 Å². The molecule has 6 nitrogen and oxygen atoms in total. The number of fused-ring (bicyclic) bond motifs is 3. The maximum Gasteiger partial charge on any atom is 0.306 e. The molecule has 2 aromatic rings. The fraction of sp³-hybridized carbons (Fsp3) is 0.300. The highest BCUT2D eigenvalue weighted by Crippen LogP contribution is 2.59. The van der Waals surface area contributed by atoms with E-state index >= 15 is 0 Å². The van der Waals surface area contributed by atoms with Crippen LogP contribution in [0.25, 0.3) is 11.1 Å². The highest BCUT2D eigenvalue weighted by atomic mass is 31.2. The fourth-order valence-corrected chi connectivity index (χ4v) is 6.04. The van der Waals surface area contributed by atoms with Crippen LogP contribution in [0.5, 0.6) is 5.75 Å². The molecule has 1 aliphatic rings. The van der Waals surface area contributed by atoms with Crippen molar-refractivity contribution < 1.29 is 28.2 Å². The standard InChI is InChI=1S/C20H21O6P/c1-24-19(21)12-11-14(13-20(22)25-2)27(23)18-10-6-4-8-16(18)15-7-3-5-9-17(15)26-27/h3-10,14H,11-13H2,1-2H3. The van der Waals surface area contributed by atoms with Gasteiger partial charge in [-0.15, -0.1) is 0 Å². The molecule has 0 fully saturated rings. The Labute approximate surface area is 157 Å². The molecule has 7 heteroatoms. The van der Waals surface area contributed by atoms with Crippen molar-refractivity contribution in [2.75, 3.05) is 14.2 Å². The van der Waals surface area contributed by atoms with E-state index in [1.54, 1.807) is 24.3 Å². The van der Waals surface area contributed by atoms with E-state index in [1.165, 1.54) is 14.2 Å². The van der Waals surface area contributed by atoms with Gasteiger partial charge in [0.15, 0.2) is 0 Å². The Morgan fingerprint density at radius 3 is 2.30 bits per heavy atom. The van der Waals surface area contributed by atoms with Crippen molar-refractivity contribution in [3.05, 3.63) is 48.5 Å². The summed E-state index contributed by atoms with van der Waals surface area (Å²) in [6.45, 7) is 0. The first-order valence-electron chi connectivity index (χ1n) is 8.61. The highest BCUT2D eigenvalue weighted by molar-refractivity contribution is 7.68. The Kier molecular flexibility index (Phi) is 5.66. The number of hydrogen-bond acceptors (Lipinski definition) is 6. The van der Waals surface area contributed by atoms with Gasteiger partial charge in [-0.1, -0.05) is 36.4 Å². The number of esters is 2. The van der Waals surface area contributed by atoms with Gasteiger partial charge in [-0.3, -0.25) is 14.2 Å². The lowest BCUT2D eigenvalue weighted by molar-refractivity contribution is -0.142. The number of rotatable bonds is 6. The van der Waals surface area contributed by atoms with Gasteiger partial charge in [-0.25, -0.2) is 0 Å². The second-order valence-electron chi connectivity index (χ2n) is 6.25. The second kappa shape index (κ2) is 7.97. The average Bonchev–Trinajstić information content (AvgIpc) is 2.70. The van der Waals surface area contributed by atoms with Crippen molar-refractivity contribution in [2.24, 2.45) is 0 Å². The van der Waals surface area contributed by atoms with E-state index in [0.29, 0.717) is 11.1 Å². The largest absolute Gasteiger partial charge is 0.469 e. The quantitative estimate of drug-likeness (QED) is 0.556. The Morgan fingerprint density at radius 2 is 1.59 bits per heavy atom. The van der Waals surface area contributed by atoms with Gasteiger partial charge in [0.1, 0.15) is 5.75 Å². The molecule has 2 unspecified atom stereocenters. The fourth-order valence-electron chi connectivity index (χ4n) is 3.26. The van der Waals surface area contributed by atoms with E-state index in [9.17, 15) is 14.2 Å². The zero-order valence-corrected chi connectivity index (χ0v) is 16.1. The lowest BCUT2D eigenvalue weighted by Crippen LogP contribution is -2.28. The van der Waals surface area contributed by atoms with E-state index in [2.05, 4.69) is 0 Å². The van der Waals surface area contributed by atoms with E-state index < -0.39 is 25.0 Å². The summed E-state index contributed by atoms with van der Waals surface area (Å²) >= 11 is 0. The van der Waals surface area contributed by atoms with Gasteiger partial charge in [0.25, 0.3) is 7.37 Å². The Balaban J connectivity index is 2.06. The van der Waals surface area contributed by atoms with Gasteiger partial charge in [-0.2, -0.15) is 0 Å². The Bertz CT molecular complexity index is 907. The van der Waals surface area contributed by atoms with Crippen molar-refractivity contribution >= 4 is 24.6 Å². The number of carbonyl (C=O) groups excluding carboxylic acids is 2. The molecule has 0 radical (unpaired) electrons. The smallest absolute Gasteiger partial charge is 0.306 e. The molecular formula is C20H21O6P. The normalized spacial score (nSPS) is 18.4. The van der Waals surface area contributed by atoms with Crippen LogP contribution in [0.4, 0.5) is 0 Å². The third-order valence-corrected chi connectivity index (χ3v) is 7.60. The first-order valence-corrected chi connectivity index (χ1v) is 10.3. The number of benzene rings is 2. The van der Waals surface area contributed by atoms with Gasteiger partial charge in [0, 0.05) is 12.0 Å². The van der Waals surface area contributed by atoms with Crippen LogP contribution in [0.3, 0.4) is 0 Å². The highest BCUT2D eigenvalue weighted by Gasteiger charge is 2.43. The van der Waals surface area contributed by atoms with Crippen LogP contribution >= 0.6 is 7.37 Å². The summed E-state index contributed by atoms with van der Waals surface area (Å²) in [5.41, 5.74) is 0.971. The maximum atomic E-state index is 14.1. The van der Waals surface area contributed by atoms with Crippen molar-refractivity contribution in [2.45, 2.75) is 24.9 Å².